The molecule has 11 nitrogen and oxygen atoms in total. The van der Waals surface area contributed by atoms with E-state index in [1.165, 1.54) is 0 Å². The van der Waals surface area contributed by atoms with Gasteiger partial charge < -0.3 is 25.4 Å². The molecule has 0 aliphatic heterocycles. The Labute approximate surface area is 313 Å². The largest absolute Gasteiger partial charge is 0.465 e. The van der Waals surface area contributed by atoms with Gasteiger partial charge in [-0.2, -0.15) is 0 Å². The van der Waals surface area contributed by atoms with Crippen LogP contribution in [0.1, 0.15) is 65.6 Å². The summed E-state index contributed by atoms with van der Waals surface area (Å²) in [6, 6.07) is 29.4. The first-order valence-corrected chi connectivity index (χ1v) is 17.9. The number of alkyl carbamates (subject to hydrolysis) is 1. The van der Waals surface area contributed by atoms with Gasteiger partial charge in [-0.1, -0.05) is 104 Å². The average Bonchev–Trinajstić information content (AvgIpc) is 3.14. The highest BCUT2D eigenvalue weighted by atomic mass is 35.5. The quantitative estimate of drug-likeness (QED) is 0.0940. The molecular weight excluding hydrogens is 694 g/mol. The van der Waals surface area contributed by atoms with Gasteiger partial charge in [-0.05, 0) is 67.1 Å². The van der Waals surface area contributed by atoms with Gasteiger partial charge >= 0.3 is 12.2 Å². The van der Waals surface area contributed by atoms with Crippen LogP contribution < -0.4 is 16.2 Å². The highest BCUT2D eigenvalue weighted by Gasteiger charge is 2.35. The van der Waals surface area contributed by atoms with Crippen molar-refractivity contribution in [2.24, 2.45) is 5.92 Å². The van der Waals surface area contributed by atoms with Crippen LogP contribution in [0.15, 0.2) is 108 Å². The van der Waals surface area contributed by atoms with Crippen LogP contribution in [0, 0.1) is 12.8 Å². The number of fused-ring (bicyclic) bond motifs is 1. The Morgan fingerprint density at radius 2 is 1.58 bits per heavy atom. The second-order valence-electron chi connectivity index (χ2n) is 13.3. The molecule has 4 aromatic carbocycles. The molecule has 3 N–H and O–H groups in total. The molecule has 1 aromatic heterocycles. The molecule has 0 saturated heterocycles. The van der Waals surface area contributed by atoms with Crippen LogP contribution >= 0.6 is 11.6 Å². The third-order valence-electron chi connectivity index (χ3n) is 8.88. The van der Waals surface area contributed by atoms with Crippen LogP contribution in [0.2, 0.25) is 5.02 Å². The van der Waals surface area contributed by atoms with E-state index in [-0.39, 0.29) is 50.0 Å². The number of ether oxygens (including phenoxy) is 1. The summed E-state index contributed by atoms with van der Waals surface area (Å²) < 4.78 is 6.90. The number of benzene rings is 4. The number of hydrogen-bond acceptors (Lipinski definition) is 6. The van der Waals surface area contributed by atoms with Gasteiger partial charge in [0.2, 0.25) is 0 Å². The smallest absolute Gasteiger partial charge is 0.407 e. The number of carboxylic acid groups (broad SMARTS) is 1. The first kappa shape index (κ1) is 38.5. The number of carbonyl (C=O) groups excluding carboxylic acids is 2. The summed E-state index contributed by atoms with van der Waals surface area (Å²) in [6.07, 6.45) is -1.18. The minimum atomic E-state index is -1.26. The van der Waals surface area contributed by atoms with Gasteiger partial charge in [-0.25, -0.2) is 14.6 Å². The van der Waals surface area contributed by atoms with E-state index in [2.05, 4.69) is 10.6 Å². The van der Waals surface area contributed by atoms with Crippen LogP contribution in [-0.2, 0) is 17.9 Å². The summed E-state index contributed by atoms with van der Waals surface area (Å²) in [5, 5.41) is 16.0. The molecule has 276 valence electrons. The highest BCUT2D eigenvalue weighted by molar-refractivity contribution is 6.31. The monoisotopic (exact) mass is 737 g/mol. The Morgan fingerprint density at radius 3 is 2.23 bits per heavy atom. The second kappa shape index (κ2) is 18.2. The fourth-order valence-corrected chi connectivity index (χ4v) is 6.44. The zero-order valence-electron chi connectivity index (χ0n) is 30.0. The molecule has 0 spiro atoms. The number of amides is 3. The first-order valence-electron chi connectivity index (χ1n) is 17.6. The summed E-state index contributed by atoms with van der Waals surface area (Å²) in [6.45, 7) is 6.28. The van der Waals surface area contributed by atoms with Crippen LogP contribution in [0.4, 0.5) is 9.59 Å². The number of aryl methyl sites for hydroxylation is 1. The van der Waals surface area contributed by atoms with Crippen molar-refractivity contribution in [1.29, 1.82) is 0 Å². The lowest BCUT2D eigenvalue weighted by molar-refractivity contribution is 0.0570. The van der Waals surface area contributed by atoms with Crippen LogP contribution in [0.5, 0.6) is 0 Å². The molecular formula is C41H44ClN5O6. The molecule has 53 heavy (non-hydrogen) atoms. The van der Waals surface area contributed by atoms with Gasteiger partial charge in [0.1, 0.15) is 12.4 Å². The third kappa shape index (κ3) is 10.4. The van der Waals surface area contributed by atoms with Gasteiger partial charge in [0.15, 0.2) is 0 Å². The standard InChI is InChI=1S/C41H44ClN5O6/c1-27(2)36(37-45-35-23-32(42)20-21-34(35)39(49)47(37)24-29-11-6-4-7-12-29)46(38(48)31-18-16-28(3)17-19-31)25-33(44-40(50)51)15-10-22-43-41(52)53-26-30-13-8-5-9-14-30/h4-9,11-14,16-21,23,27,33,36,44H,10,15,22,24-26H2,1-3H3,(H,43,52)(H,50,51). The van der Waals surface area contributed by atoms with E-state index in [0.29, 0.717) is 33.7 Å². The predicted molar refractivity (Wildman–Crippen MR) is 205 cm³/mol. The Morgan fingerprint density at radius 1 is 0.925 bits per heavy atom. The third-order valence-corrected chi connectivity index (χ3v) is 9.11. The number of rotatable bonds is 15. The number of carbonyl (C=O) groups is 3. The molecule has 2 atom stereocenters. The topological polar surface area (TPSA) is 143 Å². The maximum atomic E-state index is 14.6. The minimum Gasteiger partial charge on any atom is -0.465 e. The maximum Gasteiger partial charge on any atom is 0.407 e. The number of halogens is 1. The molecule has 0 aliphatic rings. The van der Waals surface area contributed by atoms with Crippen molar-refractivity contribution in [2.75, 3.05) is 13.1 Å². The van der Waals surface area contributed by atoms with Gasteiger partial charge in [-0.3, -0.25) is 14.2 Å². The van der Waals surface area contributed by atoms with Crippen molar-refractivity contribution in [2.45, 2.75) is 58.8 Å². The predicted octanol–water partition coefficient (Wildman–Crippen LogP) is 7.59. The van der Waals surface area contributed by atoms with Crippen LogP contribution in [0.3, 0.4) is 0 Å². The number of aromatic nitrogens is 2. The second-order valence-corrected chi connectivity index (χ2v) is 13.7. The molecule has 5 aromatic rings. The van der Waals surface area contributed by atoms with Crippen molar-refractivity contribution >= 4 is 40.6 Å². The lowest BCUT2D eigenvalue weighted by atomic mass is 9.97. The average molecular weight is 738 g/mol. The molecule has 3 amide bonds. The molecule has 0 saturated carbocycles. The number of nitrogens with one attached hydrogen (secondary N) is 2. The van der Waals surface area contributed by atoms with E-state index in [1.807, 2.05) is 93.6 Å². The zero-order chi connectivity index (χ0) is 37.9. The van der Waals surface area contributed by atoms with Crippen molar-refractivity contribution in [3.05, 3.63) is 147 Å². The van der Waals surface area contributed by atoms with Crippen molar-refractivity contribution < 1.29 is 24.2 Å². The lowest BCUT2D eigenvalue weighted by Gasteiger charge is -2.37. The first-order chi connectivity index (χ1) is 25.5. The Balaban J connectivity index is 1.49. The van der Waals surface area contributed by atoms with E-state index in [9.17, 15) is 24.3 Å². The summed E-state index contributed by atoms with van der Waals surface area (Å²) in [7, 11) is 0. The molecule has 0 aliphatic carbocycles. The maximum absolute atomic E-state index is 14.6. The SMILES string of the molecule is Cc1ccc(C(=O)N(CC(CCCNC(=O)OCc2ccccc2)NC(=O)O)C(c2nc3cc(Cl)ccc3c(=O)n2Cc2ccccc2)C(C)C)cc1. The van der Waals surface area contributed by atoms with E-state index in [0.717, 1.165) is 16.7 Å². The fourth-order valence-electron chi connectivity index (χ4n) is 6.27. The van der Waals surface area contributed by atoms with Crippen molar-refractivity contribution in [1.82, 2.24) is 25.1 Å². The Kier molecular flexibility index (Phi) is 13.2. The molecule has 0 radical (unpaired) electrons. The van der Waals surface area contributed by atoms with Crippen LogP contribution in [0.25, 0.3) is 10.9 Å². The van der Waals surface area contributed by atoms with Crippen molar-refractivity contribution in [3.8, 4) is 0 Å². The number of hydrogen-bond donors (Lipinski definition) is 3. The fraction of sp³-hybridized carbons (Fsp3) is 0.293. The Hall–Kier alpha value is -5.68. The summed E-state index contributed by atoms with van der Waals surface area (Å²) >= 11 is 6.37. The van der Waals surface area contributed by atoms with Crippen molar-refractivity contribution in [3.63, 3.8) is 0 Å². The molecule has 5 rings (SSSR count). The van der Waals surface area contributed by atoms with Gasteiger partial charge in [0, 0.05) is 29.7 Å². The van der Waals surface area contributed by atoms with E-state index in [4.69, 9.17) is 21.3 Å². The summed E-state index contributed by atoms with van der Waals surface area (Å²) in [5.74, 6) is -0.280. The Bertz CT molecular complexity index is 2070. The summed E-state index contributed by atoms with van der Waals surface area (Å²) in [5.41, 5.74) is 3.19. The van der Waals surface area contributed by atoms with E-state index >= 15 is 0 Å². The summed E-state index contributed by atoms with van der Waals surface area (Å²) in [4.78, 5) is 60.0. The molecule has 0 fully saturated rings. The van der Waals surface area contributed by atoms with Crippen LogP contribution in [-0.4, -0.2) is 56.8 Å². The molecule has 2 unspecified atom stereocenters. The highest BCUT2D eigenvalue weighted by Crippen LogP contribution is 2.31. The van der Waals surface area contributed by atoms with E-state index in [1.54, 1.807) is 39.8 Å². The van der Waals surface area contributed by atoms with Gasteiger partial charge in [0.25, 0.3) is 11.5 Å². The normalized spacial score (nSPS) is 12.2. The van der Waals surface area contributed by atoms with Gasteiger partial charge in [-0.15, -0.1) is 0 Å². The minimum absolute atomic E-state index is 0.0465. The molecule has 12 heteroatoms. The lowest BCUT2D eigenvalue weighted by Crippen LogP contribution is -2.49. The molecule has 0 bridgehead atoms. The zero-order valence-corrected chi connectivity index (χ0v) is 30.8. The van der Waals surface area contributed by atoms with Gasteiger partial charge in [0.05, 0.1) is 23.5 Å². The van der Waals surface area contributed by atoms with E-state index < -0.39 is 24.3 Å². The number of nitrogens with zero attached hydrogens (tertiary/aromatic N) is 3. The molecule has 1 heterocycles.